The van der Waals surface area contributed by atoms with E-state index in [1.54, 1.807) is 4.68 Å². The molecule has 4 nitrogen and oxygen atoms in total. The molecule has 5 rings (SSSR count). The minimum atomic E-state index is 0.892. The van der Waals surface area contributed by atoms with Gasteiger partial charge in [0.2, 0.25) is 0 Å². The molecule has 0 saturated heterocycles. The molecule has 0 atom stereocenters. The van der Waals surface area contributed by atoms with Crippen LogP contribution in [0.15, 0.2) is 85.3 Å². The Morgan fingerprint density at radius 2 is 1.68 bits per heavy atom. The number of aromatic nitrogens is 4. The van der Waals surface area contributed by atoms with Crippen LogP contribution in [0.25, 0.3) is 44.5 Å². The van der Waals surface area contributed by atoms with Crippen LogP contribution in [-0.2, 0) is 7.05 Å². The zero-order chi connectivity index (χ0) is 18.9. The van der Waals surface area contributed by atoms with Crippen molar-refractivity contribution in [3.8, 4) is 33.6 Å². The summed E-state index contributed by atoms with van der Waals surface area (Å²) in [7, 11) is 1.91. The van der Waals surface area contributed by atoms with Gasteiger partial charge in [-0.3, -0.25) is 9.67 Å². The summed E-state index contributed by atoms with van der Waals surface area (Å²) in [6.45, 7) is 0. The molecule has 0 fully saturated rings. The summed E-state index contributed by atoms with van der Waals surface area (Å²) in [4.78, 5) is 9.66. The van der Waals surface area contributed by atoms with Crippen molar-refractivity contribution < 1.29 is 0 Å². The smallest absolute Gasteiger partial charge is 0.0827 e. The van der Waals surface area contributed by atoms with Crippen LogP contribution >= 0.6 is 0 Å². The Balaban J connectivity index is 1.83. The Bertz CT molecular complexity index is 1260. The van der Waals surface area contributed by atoms with Crippen molar-refractivity contribution in [3.63, 3.8) is 0 Å². The van der Waals surface area contributed by atoms with Gasteiger partial charge < -0.3 is 0 Å². The Kier molecular flexibility index (Phi) is 3.95. The monoisotopic (exact) mass is 361 g/mol. The Labute approximate surface area is 163 Å². The van der Waals surface area contributed by atoms with Crippen molar-refractivity contribution in [1.82, 2.24) is 19.7 Å². The summed E-state index contributed by atoms with van der Waals surface area (Å²) in [5.74, 6) is 0. The zero-order valence-electron chi connectivity index (χ0n) is 15.4. The van der Waals surface area contributed by atoms with Gasteiger partial charge in [-0.05, 0) is 23.8 Å². The molecule has 0 aliphatic carbocycles. The van der Waals surface area contributed by atoms with Crippen molar-refractivity contribution in [3.05, 3.63) is 91.4 Å². The fourth-order valence-corrected chi connectivity index (χ4v) is 3.47. The predicted octanol–water partition coefficient (Wildman–Crippen LogP) is 5.16. The number of hydrogen-bond donors (Lipinski definition) is 0. The molecule has 28 heavy (non-hydrogen) atoms. The molecule has 0 bridgehead atoms. The van der Waals surface area contributed by atoms with Crippen molar-refractivity contribution >= 4 is 10.9 Å². The maximum absolute atomic E-state index is 5.03. The summed E-state index contributed by atoms with van der Waals surface area (Å²) in [5.41, 5.74) is 7.02. The lowest BCUT2D eigenvalue weighted by molar-refractivity contribution is 0.768. The van der Waals surface area contributed by atoms with Crippen LogP contribution in [0.1, 0.15) is 0 Å². The molecule has 2 aromatic carbocycles. The Morgan fingerprint density at radius 3 is 2.43 bits per heavy atom. The van der Waals surface area contributed by atoms with E-state index in [1.807, 2.05) is 74.2 Å². The molecule has 4 heteroatoms. The van der Waals surface area contributed by atoms with Crippen LogP contribution in [0.3, 0.4) is 0 Å². The molecule has 0 saturated carbocycles. The summed E-state index contributed by atoms with van der Waals surface area (Å²) >= 11 is 0. The second-order valence-corrected chi connectivity index (χ2v) is 6.67. The lowest BCUT2D eigenvalue weighted by Gasteiger charge is -2.13. The van der Waals surface area contributed by atoms with E-state index in [4.69, 9.17) is 4.98 Å². The van der Waals surface area contributed by atoms with E-state index >= 15 is 0 Å². The summed E-state index contributed by atoms with van der Waals surface area (Å²) < 4.78 is 1.79. The van der Waals surface area contributed by atoms with E-state index in [9.17, 15) is 0 Å². The largest absolute Gasteiger partial charge is 0.275 e. The predicted molar refractivity (Wildman–Crippen MR) is 111 cm³/mol. The highest BCUT2D eigenvalue weighted by Crippen LogP contribution is 2.35. The molecule has 133 valence electrons. The van der Waals surface area contributed by atoms with Gasteiger partial charge in [0.25, 0.3) is 0 Å². The Hall–Kier alpha value is -3.79. The summed E-state index contributed by atoms with van der Waals surface area (Å²) in [5, 5.41) is 5.31. The highest BCUT2D eigenvalue weighted by molar-refractivity contribution is 5.98. The van der Waals surface area contributed by atoms with E-state index in [1.165, 1.54) is 0 Å². The molecular weight excluding hydrogens is 344 g/mol. The maximum atomic E-state index is 5.03. The van der Waals surface area contributed by atoms with Gasteiger partial charge in [-0.1, -0.05) is 54.6 Å². The molecule has 1 radical (unpaired) electrons. The SMILES string of the molecule is Cn1cc(-c2nccc3nc(-c4cc[c]cc4)c(-c4ccccc4)cc23)cn1. The highest BCUT2D eigenvalue weighted by atomic mass is 15.2. The number of nitrogens with zero attached hydrogens (tertiary/aromatic N) is 4. The number of aryl methyl sites for hydroxylation is 1. The second-order valence-electron chi connectivity index (χ2n) is 6.67. The third-order valence-electron chi connectivity index (χ3n) is 4.80. The zero-order valence-corrected chi connectivity index (χ0v) is 15.4. The topological polar surface area (TPSA) is 43.6 Å². The van der Waals surface area contributed by atoms with Crippen LogP contribution in [0.4, 0.5) is 0 Å². The van der Waals surface area contributed by atoms with Crippen molar-refractivity contribution in [2.24, 2.45) is 7.05 Å². The average molecular weight is 361 g/mol. The number of benzene rings is 2. The molecule has 5 aromatic rings. The van der Waals surface area contributed by atoms with Gasteiger partial charge in [-0.15, -0.1) is 0 Å². The van der Waals surface area contributed by atoms with Crippen LogP contribution in [0, 0.1) is 6.07 Å². The van der Waals surface area contributed by atoms with Gasteiger partial charge in [0.15, 0.2) is 0 Å². The number of hydrogen-bond acceptors (Lipinski definition) is 3. The molecular formula is C24H17N4. The van der Waals surface area contributed by atoms with E-state index in [-0.39, 0.29) is 0 Å². The van der Waals surface area contributed by atoms with Crippen molar-refractivity contribution in [1.29, 1.82) is 0 Å². The molecule has 3 heterocycles. The molecule has 0 unspecified atom stereocenters. The van der Waals surface area contributed by atoms with Crippen molar-refractivity contribution in [2.45, 2.75) is 0 Å². The number of fused-ring (bicyclic) bond motifs is 1. The standard InChI is InChI=1S/C24H17N4/c1-28-16-19(15-26-28)23-21-14-20(17-8-4-2-5-9-17)24(18-10-6-3-7-11-18)27-22(21)12-13-25-23/h2,4-16H,1H3. The first kappa shape index (κ1) is 16.4. The Morgan fingerprint density at radius 1 is 0.857 bits per heavy atom. The number of pyridine rings is 2. The quantitative estimate of drug-likeness (QED) is 0.445. The molecule has 0 N–H and O–H groups in total. The first-order valence-electron chi connectivity index (χ1n) is 9.10. The average Bonchev–Trinajstić information content (AvgIpc) is 3.19. The maximum Gasteiger partial charge on any atom is 0.0827 e. The van der Waals surface area contributed by atoms with Crippen LogP contribution in [-0.4, -0.2) is 19.7 Å². The van der Waals surface area contributed by atoms with Gasteiger partial charge in [-0.2, -0.15) is 5.10 Å². The minimum absolute atomic E-state index is 0.892. The molecule has 0 aliphatic rings. The number of rotatable bonds is 3. The van der Waals surface area contributed by atoms with E-state index in [0.29, 0.717) is 0 Å². The summed E-state index contributed by atoms with van der Waals surface area (Å²) in [6.07, 6.45) is 5.62. The lowest BCUT2D eigenvalue weighted by atomic mass is 9.96. The van der Waals surface area contributed by atoms with E-state index < -0.39 is 0 Å². The fraction of sp³-hybridized carbons (Fsp3) is 0.0417. The summed E-state index contributed by atoms with van der Waals surface area (Å²) in [6, 6.07) is 25.5. The van der Waals surface area contributed by atoms with Crippen LogP contribution in [0.5, 0.6) is 0 Å². The van der Waals surface area contributed by atoms with E-state index in [0.717, 1.165) is 44.5 Å². The normalized spacial score (nSPS) is 11.0. The minimum Gasteiger partial charge on any atom is -0.275 e. The first-order valence-corrected chi connectivity index (χ1v) is 9.10. The van der Waals surface area contributed by atoms with Gasteiger partial charge >= 0.3 is 0 Å². The van der Waals surface area contributed by atoms with Crippen LogP contribution < -0.4 is 0 Å². The first-order chi connectivity index (χ1) is 13.8. The van der Waals surface area contributed by atoms with Gasteiger partial charge in [0, 0.05) is 41.5 Å². The van der Waals surface area contributed by atoms with E-state index in [2.05, 4.69) is 34.3 Å². The van der Waals surface area contributed by atoms with Crippen LogP contribution in [0.2, 0.25) is 0 Å². The van der Waals surface area contributed by atoms with Gasteiger partial charge in [-0.25, -0.2) is 4.98 Å². The second kappa shape index (κ2) is 6.74. The lowest BCUT2D eigenvalue weighted by Crippen LogP contribution is -1.94. The molecule has 0 aliphatic heterocycles. The molecule has 0 amide bonds. The van der Waals surface area contributed by atoms with Crippen molar-refractivity contribution in [2.75, 3.05) is 0 Å². The third-order valence-corrected chi connectivity index (χ3v) is 4.80. The molecule has 3 aromatic heterocycles. The van der Waals surface area contributed by atoms with Gasteiger partial charge in [0.1, 0.15) is 0 Å². The molecule has 0 spiro atoms. The third kappa shape index (κ3) is 2.85. The van der Waals surface area contributed by atoms with Gasteiger partial charge in [0.05, 0.1) is 23.1 Å². The highest BCUT2D eigenvalue weighted by Gasteiger charge is 2.15. The fourth-order valence-electron chi connectivity index (χ4n) is 3.47.